The van der Waals surface area contributed by atoms with Gasteiger partial charge in [0.1, 0.15) is 16.7 Å². The molecule has 2 saturated heterocycles. The molecule has 5 rings (SSSR count). The number of aromatic amines is 1. The summed E-state index contributed by atoms with van der Waals surface area (Å²) < 4.78 is 1.94. The molecule has 2 aliphatic heterocycles. The summed E-state index contributed by atoms with van der Waals surface area (Å²) in [6.07, 6.45) is 4.27. The number of nitrogens with one attached hydrogen (secondary N) is 2. The summed E-state index contributed by atoms with van der Waals surface area (Å²) in [4.78, 5) is 25.1. The van der Waals surface area contributed by atoms with Gasteiger partial charge in [-0.1, -0.05) is 15.9 Å². The van der Waals surface area contributed by atoms with E-state index in [0.29, 0.717) is 5.65 Å². The highest BCUT2D eigenvalue weighted by Gasteiger charge is 2.22. The summed E-state index contributed by atoms with van der Waals surface area (Å²) in [5, 5.41) is 19.2. The second-order valence-electron chi connectivity index (χ2n) is 8.60. The van der Waals surface area contributed by atoms with Crippen molar-refractivity contribution in [2.45, 2.75) is 19.8 Å². The Morgan fingerprint density at radius 3 is 2.46 bits per heavy atom. The highest BCUT2D eigenvalue weighted by Crippen LogP contribution is 2.31. The van der Waals surface area contributed by atoms with Crippen molar-refractivity contribution < 1.29 is 9.90 Å². The SMILES string of the molecule is Brc1cc(NCCN2CCCC2)cc(N2CCN(c3ncnc4n[nH]c(Br)c34)CC2)c1.CC(=O)O. The number of likely N-dealkylation sites (tertiary alicyclic amines) is 1. The third-order valence-electron chi connectivity index (χ3n) is 6.07. The summed E-state index contributed by atoms with van der Waals surface area (Å²) in [5.74, 6) is 0.101. The maximum absolute atomic E-state index is 9.00. The Hall–Kier alpha value is -2.44. The van der Waals surface area contributed by atoms with Crippen molar-refractivity contribution in [2.24, 2.45) is 0 Å². The van der Waals surface area contributed by atoms with Crippen LogP contribution >= 0.6 is 31.9 Å². The van der Waals surface area contributed by atoms with Gasteiger partial charge < -0.3 is 25.1 Å². The lowest BCUT2D eigenvalue weighted by atomic mass is 10.2. The first-order valence-electron chi connectivity index (χ1n) is 11.7. The van der Waals surface area contributed by atoms with E-state index in [4.69, 9.17) is 9.90 Å². The van der Waals surface area contributed by atoms with Crippen molar-refractivity contribution in [1.29, 1.82) is 0 Å². The van der Waals surface area contributed by atoms with Crippen LogP contribution in [-0.4, -0.2) is 88.5 Å². The fourth-order valence-corrected chi connectivity index (χ4v) is 5.37. The van der Waals surface area contributed by atoms with Crippen LogP contribution < -0.4 is 15.1 Å². The number of benzene rings is 1. The molecule has 35 heavy (non-hydrogen) atoms. The number of carboxylic acid groups (broad SMARTS) is 1. The lowest BCUT2D eigenvalue weighted by molar-refractivity contribution is -0.134. The minimum Gasteiger partial charge on any atom is -0.481 e. The highest BCUT2D eigenvalue weighted by molar-refractivity contribution is 9.10. The molecule has 0 saturated carbocycles. The number of aliphatic carboxylic acids is 1. The first-order valence-corrected chi connectivity index (χ1v) is 13.3. The molecular weight excluding hydrogens is 580 g/mol. The van der Waals surface area contributed by atoms with E-state index in [1.54, 1.807) is 6.33 Å². The Balaban J connectivity index is 0.000000672. The van der Waals surface area contributed by atoms with Gasteiger partial charge in [-0.15, -0.1) is 0 Å². The molecule has 2 fully saturated rings. The van der Waals surface area contributed by atoms with Crippen molar-refractivity contribution in [3.63, 3.8) is 0 Å². The van der Waals surface area contributed by atoms with Crippen LogP contribution in [0, 0.1) is 0 Å². The van der Waals surface area contributed by atoms with Gasteiger partial charge >= 0.3 is 0 Å². The number of carboxylic acids is 1. The number of carbonyl (C=O) groups is 1. The van der Waals surface area contributed by atoms with E-state index in [1.165, 1.54) is 37.3 Å². The molecule has 0 bridgehead atoms. The molecule has 1 aromatic carbocycles. The Labute approximate surface area is 221 Å². The average molecular weight is 610 g/mol. The van der Waals surface area contributed by atoms with Crippen molar-refractivity contribution in [2.75, 3.05) is 67.5 Å². The highest BCUT2D eigenvalue weighted by atomic mass is 79.9. The smallest absolute Gasteiger partial charge is 0.300 e. The van der Waals surface area contributed by atoms with Crippen LogP contribution in [0.2, 0.25) is 0 Å². The minimum absolute atomic E-state index is 0.691. The van der Waals surface area contributed by atoms with Crippen molar-refractivity contribution in [3.8, 4) is 0 Å². The summed E-state index contributed by atoms with van der Waals surface area (Å²) >= 11 is 7.24. The monoisotopic (exact) mass is 608 g/mol. The van der Waals surface area contributed by atoms with E-state index < -0.39 is 5.97 Å². The molecule has 0 unspecified atom stereocenters. The Morgan fingerprint density at radius 2 is 1.74 bits per heavy atom. The van der Waals surface area contributed by atoms with E-state index in [2.05, 4.69) is 90.2 Å². The number of hydrogen-bond acceptors (Lipinski definition) is 8. The van der Waals surface area contributed by atoms with Gasteiger partial charge in [0.15, 0.2) is 5.65 Å². The molecule has 0 radical (unpaired) electrons. The molecule has 4 heterocycles. The van der Waals surface area contributed by atoms with E-state index >= 15 is 0 Å². The number of piperazine rings is 1. The van der Waals surface area contributed by atoms with E-state index in [1.807, 2.05) is 0 Å². The first-order chi connectivity index (χ1) is 16.9. The number of anilines is 3. The van der Waals surface area contributed by atoms with Crippen LogP contribution in [0.15, 0.2) is 33.6 Å². The van der Waals surface area contributed by atoms with Crippen LogP contribution in [-0.2, 0) is 4.79 Å². The van der Waals surface area contributed by atoms with Gasteiger partial charge in [0.05, 0.1) is 5.39 Å². The van der Waals surface area contributed by atoms with E-state index in [0.717, 1.165) is 66.5 Å². The maximum atomic E-state index is 9.00. The average Bonchev–Trinajstić information content (AvgIpc) is 3.48. The summed E-state index contributed by atoms with van der Waals surface area (Å²) in [6, 6.07) is 6.63. The van der Waals surface area contributed by atoms with Gasteiger partial charge in [0.25, 0.3) is 5.97 Å². The fraction of sp³-hybridized carbons (Fsp3) is 0.478. The predicted octanol–water partition coefficient (Wildman–Crippen LogP) is 3.80. The molecule has 0 aliphatic carbocycles. The number of hydrogen-bond donors (Lipinski definition) is 3. The topological polar surface area (TPSA) is 114 Å². The first kappa shape index (κ1) is 25.6. The molecule has 10 nitrogen and oxygen atoms in total. The molecule has 188 valence electrons. The molecule has 0 atom stereocenters. The van der Waals surface area contributed by atoms with Gasteiger partial charge in [0, 0.05) is 62.0 Å². The van der Waals surface area contributed by atoms with Crippen LogP contribution in [0.5, 0.6) is 0 Å². The standard InChI is InChI=1S/C21H26Br2N8.C2H4O2/c22-15-11-16(24-3-6-29-4-1-2-5-29)13-17(12-15)30-7-9-31(10-8-30)21-18-19(23)27-28-20(18)25-14-26-21;1-2(3)4/h11-14,24H,1-10H2,(H,25,26,27,28);1H3,(H,3,4). The van der Waals surface area contributed by atoms with E-state index in [9.17, 15) is 0 Å². The van der Waals surface area contributed by atoms with Crippen LogP contribution in [0.4, 0.5) is 17.2 Å². The fourth-order valence-electron chi connectivity index (χ4n) is 4.45. The Bertz CT molecular complexity index is 1140. The van der Waals surface area contributed by atoms with Crippen LogP contribution in [0.1, 0.15) is 19.8 Å². The number of aromatic nitrogens is 4. The van der Waals surface area contributed by atoms with Gasteiger partial charge in [0.2, 0.25) is 0 Å². The van der Waals surface area contributed by atoms with E-state index in [-0.39, 0.29) is 0 Å². The van der Waals surface area contributed by atoms with Crippen molar-refractivity contribution in [1.82, 2.24) is 25.1 Å². The van der Waals surface area contributed by atoms with Crippen LogP contribution in [0.3, 0.4) is 0 Å². The number of rotatable bonds is 6. The molecule has 0 amide bonds. The quantitative estimate of drug-likeness (QED) is 0.384. The molecule has 2 aliphatic rings. The zero-order valence-electron chi connectivity index (χ0n) is 19.7. The number of halogens is 2. The minimum atomic E-state index is -0.833. The zero-order valence-corrected chi connectivity index (χ0v) is 22.8. The largest absolute Gasteiger partial charge is 0.481 e. The number of fused-ring (bicyclic) bond motifs is 1. The summed E-state index contributed by atoms with van der Waals surface area (Å²) in [7, 11) is 0. The number of H-pyrrole nitrogens is 1. The van der Waals surface area contributed by atoms with Crippen molar-refractivity contribution >= 4 is 66.1 Å². The molecule has 2 aromatic heterocycles. The lowest BCUT2D eigenvalue weighted by Crippen LogP contribution is -2.47. The lowest BCUT2D eigenvalue weighted by Gasteiger charge is -2.37. The second kappa shape index (κ2) is 12.0. The third-order valence-corrected chi connectivity index (χ3v) is 7.10. The molecule has 3 N–H and O–H groups in total. The molecule has 12 heteroatoms. The van der Waals surface area contributed by atoms with Crippen LogP contribution in [0.25, 0.3) is 11.0 Å². The summed E-state index contributed by atoms with van der Waals surface area (Å²) in [6.45, 7) is 9.31. The van der Waals surface area contributed by atoms with Gasteiger partial charge in [-0.3, -0.25) is 9.89 Å². The van der Waals surface area contributed by atoms with Gasteiger partial charge in [-0.05, 0) is 60.1 Å². The molecule has 0 spiro atoms. The normalized spacial score (nSPS) is 16.3. The third kappa shape index (κ3) is 6.83. The second-order valence-corrected chi connectivity index (χ2v) is 10.3. The van der Waals surface area contributed by atoms with Crippen molar-refractivity contribution in [3.05, 3.63) is 33.6 Å². The molecule has 3 aromatic rings. The zero-order chi connectivity index (χ0) is 24.8. The predicted molar refractivity (Wildman–Crippen MR) is 145 cm³/mol. The molecular formula is C23H30Br2N8O2. The summed E-state index contributed by atoms with van der Waals surface area (Å²) in [5.41, 5.74) is 3.11. The Kier molecular flexibility index (Phi) is 8.79. The van der Waals surface area contributed by atoms with Gasteiger partial charge in [-0.2, -0.15) is 5.10 Å². The Morgan fingerprint density at radius 1 is 1.06 bits per heavy atom. The van der Waals surface area contributed by atoms with Gasteiger partial charge in [-0.25, -0.2) is 9.97 Å². The number of nitrogens with zero attached hydrogens (tertiary/aromatic N) is 6. The maximum Gasteiger partial charge on any atom is 0.300 e.